The molecule has 11 heteroatoms. The van der Waals surface area contributed by atoms with E-state index in [0.29, 0.717) is 5.92 Å². The molecule has 2 saturated heterocycles. The summed E-state index contributed by atoms with van der Waals surface area (Å²) >= 11 is 0. The maximum absolute atomic E-state index is 12.9. The van der Waals surface area contributed by atoms with Crippen LogP contribution in [0.15, 0.2) is 73.5 Å². The van der Waals surface area contributed by atoms with Crippen molar-refractivity contribution in [3.05, 3.63) is 84.6 Å². The number of carbonyl (C=O) groups excluding carboxylic acids is 1. The molecule has 0 atom stereocenters. The lowest BCUT2D eigenvalue weighted by atomic mass is 9.90. The summed E-state index contributed by atoms with van der Waals surface area (Å²) < 4.78 is 15.5. The van der Waals surface area contributed by atoms with Gasteiger partial charge in [-0.1, -0.05) is 6.08 Å². The van der Waals surface area contributed by atoms with E-state index < -0.39 is 0 Å². The first kappa shape index (κ1) is 29.0. The molecule has 2 aliphatic heterocycles. The van der Waals surface area contributed by atoms with Crippen molar-refractivity contribution in [2.75, 3.05) is 51.3 Å². The maximum atomic E-state index is 12.9. The van der Waals surface area contributed by atoms with Gasteiger partial charge in [0, 0.05) is 63.8 Å². The number of piperidine rings is 1. The van der Waals surface area contributed by atoms with Gasteiger partial charge in [0.1, 0.15) is 23.3 Å². The summed E-state index contributed by atoms with van der Waals surface area (Å²) in [7, 11) is 1.98. The van der Waals surface area contributed by atoms with Gasteiger partial charge in [0.25, 0.3) is 0 Å². The van der Waals surface area contributed by atoms with E-state index in [-0.39, 0.29) is 5.91 Å². The molecule has 0 unspecified atom stereocenters. The van der Waals surface area contributed by atoms with Gasteiger partial charge >= 0.3 is 0 Å². The molecular weight excluding hydrogens is 568 g/mol. The van der Waals surface area contributed by atoms with E-state index >= 15 is 0 Å². The fourth-order valence-electron chi connectivity index (χ4n) is 6.29. The van der Waals surface area contributed by atoms with Crippen molar-refractivity contribution in [3.63, 3.8) is 0 Å². The number of likely N-dealkylation sites (tertiary alicyclic amines) is 1. The molecule has 1 amide bonds. The van der Waals surface area contributed by atoms with E-state index in [1.807, 2.05) is 70.6 Å². The number of imidazole rings is 1. The van der Waals surface area contributed by atoms with Crippen molar-refractivity contribution in [3.8, 4) is 11.5 Å². The minimum Gasteiger partial charge on any atom is -0.457 e. The molecule has 45 heavy (non-hydrogen) atoms. The van der Waals surface area contributed by atoms with Gasteiger partial charge in [-0.15, -0.1) is 0 Å². The van der Waals surface area contributed by atoms with Gasteiger partial charge in [0.05, 0.1) is 30.6 Å². The Bertz CT molecular complexity index is 1850. The number of hydrogen-bond donors (Lipinski definition) is 1. The number of aryl methyl sites for hydroxylation is 2. The molecule has 0 bridgehead atoms. The Kier molecular flexibility index (Phi) is 8.19. The fraction of sp³-hybridized carbons (Fsp3) is 0.353. The third kappa shape index (κ3) is 6.27. The topological polar surface area (TPSA) is 102 Å². The van der Waals surface area contributed by atoms with Crippen LogP contribution in [0.3, 0.4) is 0 Å². The molecule has 2 aromatic carbocycles. The van der Waals surface area contributed by atoms with Crippen molar-refractivity contribution in [1.29, 1.82) is 0 Å². The highest BCUT2D eigenvalue weighted by Gasteiger charge is 2.26. The molecule has 2 aliphatic rings. The number of amides is 1. The summed E-state index contributed by atoms with van der Waals surface area (Å²) in [5.74, 6) is 2.69. The Morgan fingerprint density at radius 2 is 1.91 bits per heavy atom. The lowest BCUT2D eigenvalue weighted by Gasteiger charge is -2.31. The molecule has 5 aromatic rings. The zero-order valence-electron chi connectivity index (χ0n) is 25.7. The molecule has 1 N–H and O–H groups in total. The van der Waals surface area contributed by atoms with Crippen LogP contribution in [0.25, 0.3) is 16.6 Å². The standard InChI is InChI=1S/C34H38N8O3/c1-24-20-26(5-8-31(24)45-27-6-7-30-29(21-27)36-23-39(30)2)38-34-33-28(11-15-42(33)37-22-35-34)25-9-13-41(14-10-25)32(43)4-3-12-40-16-18-44-19-17-40/h3-8,11,15,20-23,25H,9-10,12-14,16-19H2,1-2H3,(H,35,37,38)/b4-3+. The van der Waals surface area contributed by atoms with Crippen LogP contribution < -0.4 is 10.1 Å². The Balaban J connectivity index is 1.01. The number of hydrogen-bond acceptors (Lipinski definition) is 8. The van der Waals surface area contributed by atoms with Gasteiger partial charge in [0.15, 0.2) is 5.82 Å². The Labute approximate surface area is 262 Å². The smallest absolute Gasteiger partial charge is 0.246 e. The molecule has 0 saturated carbocycles. The molecule has 0 spiro atoms. The first-order chi connectivity index (χ1) is 22.0. The quantitative estimate of drug-likeness (QED) is 0.245. The van der Waals surface area contributed by atoms with Crippen LogP contribution in [0.5, 0.6) is 11.5 Å². The minimum absolute atomic E-state index is 0.0919. The average molecular weight is 607 g/mol. The summed E-state index contributed by atoms with van der Waals surface area (Å²) in [5.41, 5.74) is 6.04. The van der Waals surface area contributed by atoms with Crippen molar-refractivity contribution in [2.24, 2.45) is 7.05 Å². The zero-order chi connectivity index (χ0) is 30.8. The Morgan fingerprint density at radius 1 is 1.07 bits per heavy atom. The summed E-state index contributed by atoms with van der Waals surface area (Å²) in [6, 6.07) is 14.1. The fourth-order valence-corrected chi connectivity index (χ4v) is 6.29. The lowest BCUT2D eigenvalue weighted by Crippen LogP contribution is -2.38. The summed E-state index contributed by atoms with van der Waals surface area (Å²) in [6.45, 7) is 7.64. The summed E-state index contributed by atoms with van der Waals surface area (Å²) in [5, 5.41) is 7.99. The van der Waals surface area contributed by atoms with Gasteiger partial charge in [-0.3, -0.25) is 9.69 Å². The van der Waals surface area contributed by atoms with Gasteiger partial charge < -0.3 is 24.3 Å². The van der Waals surface area contributed by atoms with Crippen LogP contribution in [0, 0.1) is 6.92 Å². The number of nitrogens with zero attached hydrogens (tertiary/aromatic N) is 7. The molecular formula is C34H38N8O3. The number of anilines is 2. The first-order valence-corrected chi connectivity index (χ1v) is 15.6. The molecule has 0 radical (unpaired) electrons. The zero-order valence-corrected chi connectivity index (χ0v) is 25.7. The number of benzene rings is 2. The van der Waals surface area contributed by atoms with E-state index in [0.717, 1.165) is 104 Å². The number of morpholine rings is 1. The molecule has 7 rings (SSSR count). The number of ether oxygens (including phenoxy) is 2. The highest BCUT2D eigenvalue weighted by molar-refractivity contribution is 5.87. The third-order valence-electron chi connectivity index (χ3n) is 8.82. The van der Waals surface area contributed by atoms with Gasteiger partial charge in [-0.25, -0.2) is 14.5 Å². The van der Waals surface area contributed by atoms with Gasteiger partial charge in [0.2, 0.25) is 5.91 Å². The van der Waals surface area contributed by atoms with Crippen molar-refractivity contribution in [1.82, 2.24) is 33.9 Å². The normalized spacial score (nSPS) is 16.6. The molecule has 5 heterocycles. The molecule has 232 valence electrons. The number of fused-ring (bicyclic) bond motifs is 2. The van der Waals surface area contributed by atoms with Crippen molar-refractivity contribution >= 4 is 34.0 Å². The second-order valence-electron chi connectivity index (χ2n) is 11.8. The highest BCUT2D eigenvalue weighted by atomic mass is 16.5. The Hall–Kier alpha value is -4.74. The monoisotopic (exact) mass is 606 g/mol. The van der Waals surface area contributed by atoms with Crippen molar-refractivity contribution < 1.29 is 14.3 Å². The van der Waals surface area contributed by atoms with E-state index in [4.69, 9.17) is 9.47 Å². The first-order valence-electron chi connectivity index (χ1n) is 15.6. The van der Waals surface area contributed by atoms with E-state index in [9.17, 15) is 4.79 Å². The number of carbonyl (C=O) groups is 1. The summed E-state index contributed by atoms with van der Waals surface area (Å²) in [4.78, 5) is 26.2. The van der Waals surface area contributed by atoms with Crippen LogP contribution in [-0.2, 0) is 16.6 Å². The van der Waals surface area contributed by atoms with Gasteiger partial charge in [-0.05, 0) is 73.2 Å². The molecule has 0 aliphatic carbocycles. The van der Waals surface area contributed by atoms with E-state index in [2.05, 4.69) is 37.4 Å². The van der Waals surface area contributed by atoms with Gasteiger partial charge in [-0.2, -0.15) is 5.10 Å². The van der Waals surface area contributed by atoms with Crippen LogP contribution >= 0.6 is 0 Å². The van der Waals surface area contributed by atoms with E-state index in [1.54, 1.807) is 18.7 Å². The van der Waals surface area contributed by atoms with Crippen LogP contribution in [0.1, 0.15) is 29.9 Å². The average Bonchev–Trinajstić information content (AvgIpc) is 3.67. The number of aromatic nitrogens is 5. The van der Waals surface area contributed by atoms with Crippen LogP contribution in [-0.4, -0.2) is 85.8 Å². The number of rotatable bonds is 8. The second-order valence-corrected chi connectivity index (χ2v) is 11.8. The molecule has 11 nitrogen and oxygen atoms in total. The number of nitrogens with one attached hydrogen (secondary N) is 1. The SMILES string of the molecule is Cc1cc(Nc2ncnn3ccc(C4CCN(C(=O)/C=C/CN5CCOCC5)CC4)c23)ccc1Oc1ccc2c(c1)ncn2C. The maximum Gasteiger partial charge on any atom is 0.246 e. The minimum atomic E-state index is 0.0919. The van der Waals surface area contributed by atoms with E-state index in [1.165, 1.54) is 5.56 Å². The highest BCUT2D eigenvalue weighted by Crippen LogP contribution is 2.35. The largest absolute Gasteiger partial charge is 0.457 e. The van der Waals surface area contributed by atoms with Crippen LogP contribution in [0.2, 0.25) is 0 Å². The van der Waals surface area contributed by atoms with Crippen LogP contribution in [0.4, 0.5) is 11.5 Å². The molecule has 2 fully saturated rings. The lowest BCUT2D eigenvalue weighted by molar-refractivity contribution is -0.127. The predicted molar refractivity (Wildman–Crippen MR) is 173 cm³/mol. The summed E-state index contributed by atoms with van der Waals surface area (Å²) in [6.07, 6.45) is 10.9. The third-order valence-corrected chi connectivity index (χ3v) is 8.82. The second kappa shape index (κ2) is 12.7. The van der Waals surface area contributed by atoms with Crippen molar-refractivity contribution in [2.45, 2.75) is 25.7 Å². The molecule has 3 aromatic heterocycles. The predicted octanol–water partition coefficient (Wildman–Crippen LogP) is 5.05. The Morgan fingerprint density at radius 3 is 2.73 bits per heavy atom.